The SMILES string of the molecule is CN(C)c1ccc2c(-c3ccc(-c4cn(CCCCCn5cc(CCCCCN6CCC(OC(=O)Nc7ccc(F)cc7-c7ccc(F)c(Cl)c7)CC6)nn5)nn4)cc3C(=O)[O-])c3ccc(=[N+](C)C)cc-3oc2c1. The van der Waals surface area contributed by atoms with E-state index in [1.54, 1.807) is 10.7 Å². The van der Waals surface area contributed by atoms with Crippen LogP contribution in [-0.4, -0.2) is 101 Å². The van der Waals surface area contributed by atoms with E-state index in [9.17, 15) is 23.5 Å². The highest BCUT2D eigenvalue weighted by molar-refractivity contribution is 6.31. The van der Waals surface area contributed by atoms with E-state index in [1.807, 2.05) is 103 Å². The Morgan fingerprint density at radius 1 is 0.797 bits per heavy atom. The number of anilines is 2. The smallest absolute Gasteiger partial charge is 0.411 e. The summed E-state index contributed by atoms with van der Waals surface area (Å²) in [5.41, 5.74) is 7.10. The first-order valence-corrected chi connectivity index (χ1v) is 25.4. The number of carboxylic acid groups (broad SMARTS) is 1. The highest BCUT2D eigenvalue weighted by Gasteiger charge is 2.24. The van der Waals surface area contributed by atoms with Crippen molar-refractivity contribution in [3.63, 3.8) is 0 Å². The minimum Gasteiger partial charge on any atom is -0.545 e. The average Bonchev–Trinajstić information content (AvgIpc) is 4.06. The van der Waals surface area contributed by atoms with Gasteiger partial charge in [0.25, 0.3) is 0 Å². The Morgan fingerprint density at radius 3 is 2.28 bits per heavy atom. The predicted octanol–water partition coefficient (Wildman–Crippen LogP) is 9.41. The van der Waals surface area contributed by atoms with Crippen molar-refractivity contribution in [2.75, 3.05) is 58.0 Å². The lowest BCUT2D eigenvalue weighted by Gasteiger charge is -2.31. The number of nitrogens with zero attached hydrogens (tertiary/aromatic N) is 9. The molecule has 1 N–H and O–H groups in total. The molecule has 0 saturated carbocycles. The Morgan fingerprint density at radius 2 is 1.53 bits per heavy atom. The maximum atomic E-state index is 14.1. The minimum atomic E-state index is -1.29. The van der Waals surface area contributed by atoms with Crippen LogP contribution >= 0.6 is 11.6 Å². The molecule has 2 aromatic heterocycles. The van der Waals surface area contributed by atoms with Crippen LogP contribution in [0.5, 0.6) is 0 Å². The van der Waals surface area contributed by atoms with Crippen LogP contribution in [0.15, 0.2) is 108 Å². The lowest BCUT2D eigenvalue weighted by Crippen LogP contribution is -2.38. The van der Waals surface area contributed by atoms with E-state index < -0.39 is 23.7 Å². The van der Waals surface area contributed by atoms with Crippen LogP contribution in [0.25, 0.3) is 55.8 Å². The molecule has 1 fully saturated rings. The van der Waals surface area contributed by atoms with Crippen molar-refractivity contribution >= 4 is 46.0 Å². The first kappa shape index (κ1) is 51.4. The van der Waals surface area contributed by atoms with Gasteiger partial charge in [-0.2, -0.15) is 0 Å². The molecule has 74 heavy (non-hydrogen) atoms. The summed E-state index contributed by atoms with van der Waals surface area (Å²) in [6, 6.07) is 25.2. The Kier molecular flexibility index (Phi) is 16.1. The number of rotatable bonds is 19. The molecule has 1 amide bonds. The van der Waals surface area contributed by atoms with Gasteiger partial charge in [-0.3, -0.25) is 14.7 Å². The van der Waals surface area contributed by atoms with E-state index in [-0.39, 0.29) is 16.7 Å². The summed E-state index contributed by atoms with van der Waals surface area (Å²) < 4.78 is 45.8. The van der Waals surface area contributed by atoms with Gasteiger partial charge in [-0.15, -0.1) is 10.2 Å². The zero-order chi connectivity index (χ0) is 51.9. The largest absolute Gasteiger partial charge is 0.545 e. The number of nitrogens with one attached hydrogen (secondary N) is 1. The number of fused-ring (bicyclic) bond motifs is 2. The van der Waals surface area contributed by atoms with Crippen LogP contribution < -0.4 is 25.3 Å². The molecule has 0 bridgehead atoms. The number of carboxylic acids is 1. The van der Waals surface area contributed by atoms with Gasteiger partial charge < -0.3 is 28.9 Å². The fourth-order valence-electron chi connectivity index (χ4n) is 9.52. The van der Waals surface area contributed by atoms with Crippen molar-refractivity contribution in [3.8, 4) is 44.8 Å². The number of carbonyl (C=O) groups is 2. The topological polar surface area (TPSA) is 163 Å². The number of aromatic nitrogens is 6. The van der Waals surface area contributed by atoms with Crippen LogP contribution in [0.2, 0.25) is 5.02 Å². The van der Waals surface area contributed by atoms with Crippen molar-refractivity contribution in [1.29, 1.82) is 0 Å². The van der Waals surface area contributed by atoms with Crippen LogP contribution in [0.4, 0.5) is 25.0 Å². The fourth-order valence-corrected chi connectivity index (χ4v) is 9.70. The van der Waals surface area contributed by atoms with Gasteiger partial charge in [-0.25, -0.2) is 18.2 Å². The number of hydrogen-bond acceptors (Lipinski definition) is 11. The van der Waals surface area contributed by atoms with Gasteiger partial charge in [-0.1, -0.05) is 46.6 Å². The lowest BCUT2D eigenvalue weighted by atomic mass is 9.89. The second-order valence-corrected chi connectivity index (χ2v) is 19.7. The number of hydrogen-bond donors (Lipinski definition) is 1. The molecule has 18 heteroatoms. The first-order valence-electron chi connectivity index (χ1n) is 25.0. The zero-order valence-electron chi connectivity index (χ0n) is 42.0. The quantitative estimate of drug-likeness (QED) is 0.0467. The van der Waals surface area contributed by atoms with Gasteiger partial charge in [0.2, 0.25) is 5.36 Å². The molecular weight excluding hydrogens is 966 g/mol. The monoisotopic (exact) mass is 1020 g/mol. The van der Waals surface area contributed by atoms with Gasteiger partial charge in [0.15, 0.2) is 0 Å². The third kappa shape index (κ3) is 12.3. The molecule has 4 aromatic carbocycles. The van der Waals surface area contributed by atoms with Crippen molar-refractivity contribution in [1.82, 2.24) is 39.5 Å². The van der Waals surface area contributed by atoms with E-state index in [0.717, 1.165) is 104 Å². The summed E-state index contributed by atoms with van der Waals surface area (Å²) in [4.78, 5) is 30.1. The van der Waals surface area contributed by atoms with Gasteiger partial charge in [0.05, 0.1) is 34.6 Å². The number of aryl methyl sites for hydroxylation is 3. The number of piperidine rings is 1. The summed E-state index contributed by atoms with van der Waals surface area (Å²) >= 11 is 5.96. The first-order chi connectivity index (χ1) is 35.8. The third-order valence-corrected chi connectivity index (χ3v) is 13.9. The number of benzene rings is 5. The van der Waals surface area contributed by atoms with Crippen molar-refractivity contribution in [2.24, 2.45) is 0 Å². The molecule has 9 rings (SSSR count). The standard InChI is InChI=1S/C56H59ClF2N10O5/c1-65(2)40-15-18-44-52(32-40)74-53-33-41(66(3)4)16-19-45(53)54(44)43-17-12-37(29-47(43)55(70)71)51-35-69(64-62-51)26-10-6-9-25-68-34-39(61-63-68)11-7-5-8-24-67-27-22-42(23-28-67)73-56(72)60-50-21-14-38(58)31-46(50)36-13-20-49(59)48(57)30-36/h12-21,29-35,42H,5-11,22-28H2,1-4H3,(H-,60,70,71,72). The van der Waals surface area contributed by atoms with E-state index in [4.69, 9.17) is 20.8 Å². The molecule has 1 aliphatic carbocycles. The van der Waals surface area contributed by atoms with Gasteiger partial charge in [0, 0.05) is 97.5 Å². The molecule has 0 radical (unpaired) electrons. The summed E-state index contributed by atoms with van der Waals surface area (Å²) in [7, 11) is 7.86. The van der Waals surface area contributed by atoms with Crippen LogP contribution in [0, 0.1) is 11.6 Å². The lowest BCUT2D eigenvalue weighted by molar-refractivity contribution is -0.254. The fraction of sp³-hybridized carbons (Fsp3) is 0.339. The minimum absolute atomic E-state index is 0.0527. The van der Waals surface area contributed by atoms with Crippen LogP contribution in [-0.2, 0) is 24.2 Å². The number of carbonyl (C=O) groups excluding carboxylic acids is 2. The highest BCUT2D eigenvalue weighted by Crippen LogP contribution is 2.43. The second kappa shape index (κ2) is 23.1. The average molecular weight is 1030 g/mol. The molecule has 384 valence electrons. The zero-order valence-corrected chi connectivity index (χ0v) is 42.7. The van der Waals surface area contributed by atoms with Crippen molar-refractivity contribution < 1.29 is 32.6 Å². The predicted molar refractivity (Wildman–Crippen MR) is 281 cm³/mol. The number of ether oxygens (including phenoxy) is 1. The Labute approximate surface area is 433 Å². The molecule has 15 nitrogen and oxygen atoms in total. The molecule has 6 aromatic rings. The Bertz CT molecular complexity index is 3340. The molecule has 2 aliphatic heterocycles. The van der Waals surface area contributed by atoms with Crippen LogP contribution in [0.1, 0.15) is 67.4 Å². The maximum absolute atomic E-state index is 14.1. The molecular formula is C56H59ClF2N10O5. The van der Waals surface area contributed by atoms with E-state index in [2.05, 4.69) is 30.8 Å². The molecule has 4 heterocycles. The molecule has 0 spiro atoms. The number of unbranched alkanes of at least 4 members (excludes halogenated alkanes) is 4. The van der Waals surface area contributed by atoms with Crippen LogP contribution in [0.3, 0.4) is 0 Å². The van der Waals surface area contributed by atoms with E-state index in [1.165, 1.54) is 36.4 Å². The van der Waals surface area contributed by atoms with E-state index >= 15 is 0 Å². The number of halogens is 3. The third-order valence-electron chi connectivity index (χ3n) is 13.6. The molecule has 0 atom stereocenters. The van der Waals surface area contributed by atoms with Crippen molar-refractivity contribution in [2.45, 2.75) is 77.0 Å². The Hall–Kier alpha value is -7.50. The van der Waals surface area contributed by atoms with Crippen molar-refractivity contribution in [3.05, 3.63) is 137 Å². The molecule has 1 saturated heterocycles. The number of amides is 1. The molecule has 3 aliphatic rings. The highest BCUT2D eigenvalue weighted by atomic mass is 35.5. The maximum Gasteiger partial charge on any atom is 0.411 e. The van der Waals surface area contributed by atoms with Gasteiger partial charge >= 0.3 is 6.09 Å². The molecule has 0 unspecified atom stereocenters. The normalized spacial score (nSPS) is 13.2. The summed E-state index contributed by atoms with van der Waals surface area (Å²) in [6.07, 6.45) is 11.2. The summed E-state index contributed by atoms with van der Waals surface area (Å²) in [5.74, 6) is -1.73. The number of aromatic carboxylic acids is 1. The van der Waals surface area contributed by atoms with Gasteiger partial charge in [-0.05, 0) is 124 Å². The van der Waals surface area contributed by atoms with Gasteiger partial charge in [0.1, 0.15) is 48.9 Å². The Balaban J connectivity index is 0.693. The summed E-state index contributed by atoms with van der Waals surface area (Å²) in [6.45, 7) is 4.04. The summed E-state index contributed by atoms with van der Waals surface area (Å²) in [5, 5.41) is 34.8. The second-order valence-electron chi connectivity index (χ2n) is 19.3. The number of likely N-dealkylation sites (tertiary alicyclic amines) is 1. The van der Waals surface area contributed by atoms with E-state index in [0.29, 0.717) is 64.4 Å².